The number of hydrogen-bond donors (Lipinski definition) is 1. The van der Waals surface area contributed by atoms with Crippen molar-refractivity contribution in [3.05, 3.63) is 122 Å². The van der Waals surface area contributed by atoms with Gasteiger partial charge in [0, 0.05) is 17.5 Å². The molecule has 2 aromatic heterocycles. The quantitative estimate of drug-likeness (QED) is 0.287. The fourth-order valence-corrected chi connectivity index (χ4v) is 4.74. The zero-order valence-corrected chi connectivity index (χ0v) is 21.8. The highest BCUT2D eigenvalue weighted by Crippen LogP contribution is 2.30. The van der Waals surface area contributed by atoms with Gasteiger partial charge in [-0.05, 0) is 55.5 Å². The van der Waals surface area contributed by atoms with Gasteiger partial charge in [0.25, 0.3) is 5.56 Å². The Labute approximate surface area is 220 Å². The molecule has 0 amide bonds. The molecule has 5 aromatic rings. The van der Waals surface area contributed by atoms with Crippen molar-refractivity contribution in [1.82, 2.24) is 19.7 Å². The summed E-state index contributed by atoms with van der Waals surface area (Å²) < 4.78 is 6.42. The van der Waals surface area contributed by atoms with Gasteiger partial charge in [-0.25, -0.2) is 9.78 Å². The van der Waals surface area contributed by atoms with Crippen LogP contribution >= 0.6 is 0 Å². The van der Waals surface area contributed by atoms with Gasteiger partial charge >= 0.3 is 5.76 Å². The van der Waals surface area contributed by atoms with Crippen molar-refractivity contribution in [2.24, 2.45) is 0 Å². The molecule has 0 aliphatic heterocycles. The normalized spacial score (nSPS) is 11.1. The minimum Gasteiger partial charge on any atom is -0.296 e. The largest absolute Gasteiger partial charge is 0.439 e. The summed E-state index contributed by atoms with van der Waals surface area (Å²) in [5.41, 5.74) is 7.26. The molecule has 0 spiro atoms. The lowest BCUT2D eigenvalue weighted by molar-refractivity contribution is 0.388. The molecule has 3 aromatic carbocycles. The van der Waals surface area contributed by atoms with Crippen molar-refractivity contribution in [1.29, 1.82) is 0 Å². The molecule has 38 heavy (non-hydrogen) atoms. The third-order valence-electron chi connectivity index (χ3n) is 6.76. The van der Waals surface area contributed by atoms with Crippen LogP contribution in [0, 0.1) is 13.8 Å². The van der Waals surface area contributed by atoms with Gasteiger partial charge < -0.3 is 0 Å². The Morgan fingerprint density at radius 1 is 0.895 bits per heavy atom. The first kappa shape index (κ1) is 25.1. The molecule has 0 fully saturated rings. The van der Waals surface area contributed by atoms with Crippen LogP contribution in [0.5, 0.6) is 0 Å². The number of nitrogens with one attached hydrogen (secondary N) is 1. The molecule has 0 aliphatic rings. The minimum atomic E-state index is -0.591. The van der Waals surface area contributed by atoms with E-state index in [1.807, 2.05) is 86.6 Å². The van der Waals surface area contributed by atoms with E-state index in [1.54, 1.807) is 4.57 Å². The van der Waals surface area contributed by atoms with Gasteiger partial charge in [0.05, 0.1) is 11.4 Å². The van der Waals surface area contributed by atoms with Gasteiger partial charge in [0.2, 0.25) is 0 Å². The van der Waals surface area contributed by atoms with Crippen LogP contribution < -0.4 is 11.3 Å². The second kappa shape index (κ2) is 10.8. The Morgan fingerprint density at radius 3 is 2.26 bits per heavy atom. The van der Waals surface area contributed by atoms with Gasteiger partial charge in [-0.1, -0.05) is 84.7 Å². The second-order valence-corrected chi connectivity index (χ2v) is 9.53. The Morgan fingerprint density at radius 2 is 1.61 bits per heavy atom. The smallest absolute Gasteiger partial charge is 0.296 e. The van der Waals surface area contributed by atoms with E-state index in [-0.39, 0.29) is 5.56 Å². The number of nitrogens with zero attached hydrogens (tertiary/aromatic N) is 3. The molecule has 0 atom stereocenters. The Bertz CT molecular complexity index is 1680. The van der Waals surface area contributed by atoms with Gasteiger partial charge in [0.15, 0.2) is 5.82 Å². The molecular weight excluding hydrogens is 476 g/mol. The predicted octanol–water partition coefficient (Wildman–Crippen LogP) is 5.79. The molecule has 0 radical (unpaired) electrons. The first-order valence-corrected chi connectivity index (χ1v) is 12.9. The summed E-state index contributed by atoms with van der Waals surface area (Å²) in [5.74, 6) is 0.496. The van der Waals surface area contributed by atoms with Crippen molar-refractivity contribution in [3.8, 4) is 28.2 Å². The summed E-state index contributed by atoms with van der Waals surface area (Å²) in [6.45, 7) is 6.07. The zero-order valence-electron chi connectivity index (χ0n) is 21.8. The minimum absolute atomic E-state index is 0.0168. The van der Waals surface area contributed by atoms with Crippen molar-refractivity contribution in [2.45, 2.75) is 46.5 Å². The zero-order chi connectivity index (χ0) is 26.6. The van der Waals surface area contributed by atoms with Crippen LogP contribution in [0.3, 0.4) is 0 Å². The molecule has 0 aliphatic carbocycles. The molecular formula is C31H30N4O3. The van der Waals surface area contributed by atoms with E-state index in [0.717, 1.165) is 64.0 Å². The lowest BCUT2D eigenvalue weighted by Crippen LogP contribution is -2.28. The van der Waals surface area contributed by atoms with Crippen LogP contribution in [-0.2, 0) is 12.8 Å². The first-order valence-electron chi connectivity index (χ1n) is 12.9. The number of benzene rings is 3. The number of aromatic nitrogens is 4. The van der Waals surface area contributed by atoms with Crippen LogP contribution in [0.4, 0.5) is 0 Å². The number of hydrogen-bond acceptors (Lipinski definition) is 5. The number of unbranched alkanes of at least 4 members (excludes halogenated alkanes) is 1. The average Bonchev–Trinajstić information content (AvgIpc) is 3.37. The van der Waals surface area contributed by atoms with Crippen molar-refractivity contribution in [3.63, 3.8) is 0 Å². The molecule has 7 heteroatoms. The van der Waals surface area contributed by atoms with Crippen LogP contribution in [-0.4, -0.2) is 19.7 Å². The lowest BCUT2D eigenvalue weighted by Gasteiger charge is -2.16. The van der Waals surface area contributed by atoms with Gasteiger partial charge in [-0.15, -0.1) is 0 Å². The van der Waals surface area contributed by atoms with E-state index in [4.69, 9.17) is 9.51 Å². The number of rotatable bonds is 8. The maximum Gasteiger partial charge on any atom is 0.439 e. The van der Waals surface area contributed by atoms with Crippen LogP contribution in [0.1, 0.15) is 48.0 Å². The van der Waals surface area contributed by atoms with Crippen molar-refractivity contribution in [2.75, 3.05) is 0 Å². The van der Waals surface area contributed by atoms with Crippen LogP contribution in [0.25, 0.3) is 28.2 Å². The van der Waals surface area contributed by atoms with Crippen LogP contribution in [0.2, 0.25) is 0 Å². The number of H-pyrrole nitrogens is 1. The van der Waals surface area contributed by atoms with E-state index in [0.29, 0.717) is 18.1 Å². The summed E-state index contributed by atoms with van der Waals surface area (Å²) in [6, 6.07) is 23.8. The third kappa shape index (κ3) is 5.13. The van der Waals surface area contributed by atoms with E-state index in [9.17, 15) is 9.59 Å². The maximum atomic E-state index is 13.8. The molecule has 7 nitrogen and oxygen atoms in total. The van der Waals surface area contributed by atoms with Crippen molar-refractivity contribution < 1.29 is 4.52 Å². The van der Waals surface area contributed by atoms with E-state index < -0.39 is 5.76 Å². The summed E-state index contributed by atoms with van der Waals surface area (Å²) >= 11 is 0. The standard InChI is InChI=1S/C31H30N4O3/c1-4-5-10-28-27(30(36)35(21(3)32-28)24-17-11-20(2)12-18-24)19-22-13-15-23(16-14-22)25-8-6-7-9-26(25)29-33-31(37)38-34-29/h6-9,11-18H,4-5,10,19H2,1-3H3,(H,33,34,37). The molecule has 192 valence electrons. The number of aryl methyl sites for hydroxylation is 3. The van der Waals surface area contributed by atoms with E-state index in [2.05, 4.69) is 17.1 Å². The Kier molecular flexibility index (Phi) is 7.18. The fraction of sp³-hybridized carbons (Fsp3) is 0.226. The predicted molar refractivity (Wildman–Crippen MR) is 149 cm³/mol. The molecule has 2 heterocycles. The number of aromatic amines is 1. The van der Waals surface area contributed by atoms with Crippen LogP contribution in [0.15, 0.2) is 86.9 Å². The van der Waals surface area contributed by atoms with Gasteiger partial charge in [-0.3, -0.25) is 18.9 Å². The van der Waals surface area contributed by atoms with E-state index >= 15 is 0 Å². The van der Waals surface area contributed by atoms with Gasteiger partial charge in [-0.2, -0.15) is 0 Å². The third-order valence-corrected chi connectivity index (χ3v) is 6.76. The molecule has 5 rings (SSSR count). The summed E-state index contributed by atoms with van der Waals surface area (Å²) in [4.78, 5) is 32.8. The maximum absolute atomic E-state index is 13.8. The first-order chi connectivity index (χ1) is 18.4. The monoisotopic (exact) mass is 506 g/mol. The van der Waals surface area contributed by atoms with Gasteiger partial charge in [0.1, 0.15) is 5.82 Å². The summed E-state index contributed by atoms with van der Waals surface area (Å²) in [6.07, 6.45) is 3.28. The fourth-order valence-electron chi connectivity index (χ4n) is 4.74. The molecule has 0 saturated carbocycles. The Balaban J connectivity index is 1.51. The highest BCUT2D eigenvalue weighted by atomic mass is 16.5. The molecule has 0 unspecified atom stereocenters. The summed E-state index contributed by atoms with van der Waals surface area (Å²) in [7, 11) is 0. The van der Waals surface area contributed by atoms with E-state index in [1.165, 1.54) is 0 Å². The average molecular weight is 507 g/mol. The Hall–Kier alpha value is -4.52. The second-order valence-electron chi connectivity index (χ2n) is 9.53. The molecule has 1 N–H and O–H groups in total. The lowest BCUT2D eigenvalue weighted by atomic mass is 9.96. The van der Waals surface area contributed by atoms with Crippen molar-refractivity contribution >= 4 is 0 Å². The highest BCUT2D eigenvalue weighted by Gasteiger charge is 2.17. The summed E-state index contributed by atoms with van der Waals surface area (Å²) in [5, 5.41) is 3.85. The SMILES string of the molecule is CCCCc1nc(C)n(-c2ccc(C)cc2)c(=O)c1Cc1ccc(-c2ccccc2-c2noc(=O)[nH]2)cc1. The topological polar surface area (TPSA) is 93.8 Å². The molecule has 0 saturated heterocycles. The highest BCUT2D eigenvalue weighted by molar-refractivity contribution is 5.80. The molecule has 0 bridgehead atoms.